The molecule has 29 heavy (non-hydrogen) atoms. The third-order valence-electron chi connectivity index (χ3n) is 4.12. The van der Waals surface area contributed by atoms with Gasteiger partial charge >= 0.3 is 0 Å². The standard InChI is InChI=1S/C20H18ClFN2O4S/c1-12-3-10-19(28-12)13(2)23-20(25)17-11-16(8-9-18(17)21)29(26,27)24-15-6-4-14(22)5-7-15/h3-11,13,24H,1-2H3,(H,23,25). The van der Waals surface area contributed by atoms with Gasteiger partial charge in [0.15, 0.2) is 0 Å². The maximum Gasteiger partial charge on any atom is 0.261 e. The molecule has 1 aromatic heterocycles. The minimum atomic E-state index is -4.01. The zero-order valence-electron chi connectivity index (χ0n) is 15.6. The van der Waals surface area contributed by atoms with Crippen LogP contribution >= 0.6 is 11.6 Å². The van der Waals surface area contributed by atoms with Crippen LogP contribution in [0.15, 0.2) is 63.9 Å². The number of anilines is 1. The van der Waals surface area contributed by atoms with Crippen LogP contribution in [0.3, 0.4) is 0 Å². The van der Waals surface area contributed by atoms with E-state index in [2.05, 4.69) is 10.0 Å². The van der Waals surface area contributed by atoms with Crippen molar-refractivity contribution in [3.63, 3.8) is 0 Å². The van der Waals surface area contributed by atoms with E-state index < -0.39 is 27.8 Å². The fraction of sp³-hybridized carbons (Fsp3) is 0.150. The average Bonchev–Trinajstić information content (AvgIpc) is 3.10. The fourth-order valence-electron chi connectivity index (χ4n) is 2.61. The van der Waals surface area contributed by atoms with Gasteiger partial charge in [0.1, 0.15) is 17.3 Å². The fourth-order valence-corrected chi connectivity index (χ4v) is 3.90. The summed E-state index contributed by atoms with van der Waals surface area (Å²) in [7, 11) is -4.01. The Morgan fingerprint density at radius 1 is 1.10 bits per heavy atom. The molecule has 0 aliphatic heterocycles. The molecular formula is C20H18ClFN2O4S. The Balaban J connectivity index is 1.83. The van der Waals surface area contributed by atoms with Gasteiger partial charge in [0.25, 0.3) is 15.9 Å². The second-order valence-electron chi connectivity index (χ2n) is 6.40. The van der Waals surface area contributed by atoms with Gasteiger partial charge in [-0.05, 0) is 68.4 Å². The van der Waals surface area contributed by atoms with Gasteiger partial charge in [-0.25, -0.2) is 12.8 Å². The molecule has 152 valence electrons. The highest BCUT2D eigenvalue weighted by atomic mass is 35.5. The van der Waals surface area contributed by atoms with Gasteiger partial charge < -0.3 is 9.73 Å². The molecule has 3 rings (SSSR count). The number of carbonyl (C=O) groups excluding carboxylic acids is 1. The van der Waals surface area contributed by atoms with E-state index in [0.29, 0.717) is 11.5 Å². The largest absolute Gasteiger partial charge is 0.464 e. The molecule has 1 heterocycles. The minimum Gasteiger partial charge on any atom is -0.464 e. The van der Waals surface area contributed by atoms with E-state index in [1.807, 2.05) is 0 Å². The molecular weight excluding hydrogens is 419 g/mol. The number of benzene rings is 2. The summed E-state index contributed by atoms with van der Waals surface area (Å²) in [4.78, 5) is 12.5. The van der Waals surface area contributed by atoms with Gasteiger partial charge in [-0.3, -0.25) is 9.52 Å². The van der Waals surface area contributed by atoms with Crippen LogP contribution in [0, 0.1) is 12.7 Å². The van der Waals surface area contributed by atoms with Crippen LogP contribution in [0.4, 0.5) is 10.1 Å². The van der Waals surface area contributed by atoms with Crippen LogP contribution in [-0.4, -0.2) is 14.3 Å². The highest BCUT2D eigenvalue weighted by Crippen LogP contribution is 2.24. The Labute approximate surface area is 172 Å². The summed E-state index contributed by atoms with van der Waals surface area (Å²) >= 11 is 6.11. The quantitative estimate of drug-likeness (QED) is 0.587. The van der Waals surface area contributed by atoms with Gasteiger partial charge in [0.05, 0.1) is 21.5 Å². The molecule has 0 fully saturated rings. The van der Waals surface area contributed by atoms with Crippen LogP contribution in [0.5, 0.6) is 0 Å². The van der Waals surface area contributed by atoms with Crippen LogP contribution in [-0.2, 0) is 10.0 Å². The number of furan rings is 1. The van der Waals surface area contributed by atoms with E-state index in [1.54, 1.807) is 26.0 Å². The number of aryl methyl sites for hydroxylation is 1. The number of sulfonamides is 1. The molecule has 9 heteroatoms. The van der Waals surface area contributed by atoms with Crippen LogP contribution in [0.25, 0.3) is 0 Å². The van der Waals surface area contributed by atoms with Crippen molar-refractivity contribution in [3.8, 4) is 0 Å². The van der Waals surface area contributed by atoms with E-state index in [4.69, 9.17) is 16.0 Å². The van der Waals surface area contributed by atoms with Crippen molar-refractivity contribution in [1.82, 2.24) is 5.32 Å². The number of rotatable bonds is 6. The lowest BCUT2D eigenvalue weighted by atomic mass is 10.2. The molecule has 0 saturated heterocycles. The summed E-state index contributed by atoms with van der Waals surface area (Å²) in [6.07, 6.45) is 0. The number of halogens is 2. The van der Waals surface area contributed by atoms with Gasteiger partial charge in [-0.15, -0.1) is 0 Å². The van der Waals surface area contributed by atoms with Crippen molar-refractivity contribution in [2.24, 2.45) is 0 Å². The third-order valence-corrected chi connectivity index (χ3v) is 5.83. The molecule has 1 atom stereocenters. The second kappa shape index (κ2) is 8.26. The van der Waals surface area contributed by atoms with Crippen LogP contribution < -0.4 is 10.0 Å². The Kier molecular flexibility index (Phi) is 5.95. The van der Waals surface area contributed by atoms with E-state index in [9.17, 15) is 17.6 Å². The maximum atomic E-state index is 13.0. The first-order valence-corrected chi connectivity index (χ1v) is 10.5. The van der Waals surface area contributed by atoms with E-state index in [-0.39, 0.29) is 21.2 Å². The lowest BCUT2D eigenvalue weighted by molar-refractivity contribution is 0.0935. The normalized spacial score (nSPS) is 12.4. The molecule has 0 saturated carbocycles. The Bertz CT molecular complexity index is 1140. The molecule has 3 aromatic rings. The molecule has 0 aliphatic carbocycles. The minimum absolute atomic E-state index is 0.00350. The Morgan fingerprint density at radius 3 is 2.41 bits per heavy atom. The zero-order valence-corrected chi connectivity index (χ0v) is 17.1. The Morgan fingerprint density at radius 2 is 1.79 bits per heavy atom. The lowest BCUT2D eigenvalue weighted by Crippen LogP contribution is -2.27. The summed E-state index contributed by atoms with van der Waals surface area (Å²) < 4.78 is 46.1. The van der Waals surface area contributed by atoms with Crippen molar-refractivity contribution in [2.45, 2.75) is 24.8 Å². The summed E-state index contributed by atoms with van der Waals surface area (Å²) in [6, 6.07) is 11.7. The van der Waals surface area contributed by atoms with Crippen LogP contribution in [0.2, 0.25) is 5.02 Å². The zero-order chi connectivity index (χ0) is 21.2. The van der Waals surface area contributed by atoms with Gasteiger partial charge in [-0.2, -0.15) is 0 Å². The average molecular weight is 437 g/mol. The molecule has 1 unspecified atom stereocenters. The molecule has 1 amide bonds. The molecule has 6 nitrogen and oxygen atoms in total. The highest BCUT2D eigenvalue weighted by Gasteiger charge is 2.21. The maximum absolute atomic E-state index is 13.0. The smallest absolute Gasteiger partial charge is 0.261 e. The molecule has 0 aliphatic rings. The third kappa shape index (κ3) is 4.96. The van der Waals surface area contributed by atoms with Crippen molar-refractivity contribution in [1.29, 1.82) is 0 Å². The predicted octanol–water partition coefficient (Wildman–Crippen LogP) is 4.67. The van der Waals surface area contributed by atoms with Gasteiger partial charge in [-0.1, -0.05) is 11.6 Å². The van der Waals surface area contributed by atoms with Gasteiger partial charge in [0, 0.05) is 5.69 Å². The molecule has 2 N–H and O–H groups in total. The summed E-state index contributed by atoms with van der Waals surface area (Å²) in [5.41, 5.74) is 0.193. The number of nitrogens with one attached hydrogen (secondary N) is 2. The molecule has 0 bridgehead atoms. The van der Waals surface area contributed by atoms with E-state index in [0.717, 1.165) is 12.1 Å². The monoisotopic (exact) mass is 436 g/mol. The van der Waals surface area contributed by atoms with Crippen molar-refractivity contribution in [2.75, 3.05) is 4.72 Å². The first-order chi connectivity index (χ1) is 13.7. The number of hydrogen-bond donors (Lipinski definition) is 2. The highest BCUT2D eigenvalue weighted by molar-refractivity contribution is 7.92. The van der Waals surface area contributed by atoms with Crippen molar-refractivity contribution >= 4 is 33.2 Å². The topological polar surface area (TPSA) is 88.4 Å². The van der Waals surface area contributed by atoms with E-state index in [1.165, 1.54) is 30.3 Å². The van der Waals surface area contributed by atoms with Crippen molar-refractivity contribution < 1.29 is 22.0 Å². The number of hydrogen-bond acceptors (Lipinski definition) is 4. The van der Waals surface area contributed by atoms with Gasteiger partial charge in [0.2, 0.25) is 0 Å². The number of amides is 1. The van der Waals surface area contributed by atoms with E-state index >= 15 is 0 Å². The first-order valence-electron chi connectivity index (χ1n) is 8.61. The summed E-state index contributed by atoms with van der Waals surface area (Å²) in [6.45, 7) is 3.53. The summed E-state index contributed by atoms with van der Waals surface area (Å²) in [5.74, 6) is 0.238. The SMILES string of the molecule is Cc1ccc(C(C)NC(=O)c2cc(S(=O)(=O)Nc3ccc(F)cc3)ccc2Cl)o1. The molecule has 2 aromatic carbocycles. The number of carbonyl (C=O) groups is 1. The first kappa shape index (κ1) is 20.9. The lowest BCUT2D eigenvalue weighted by Gasteiger charge is -2.14. The van der Waals surface area contributed by atoms with Crippen LogP contribution in [0.1, 0.15) is 34.8 Å². The van der Waals surface area contributed by atoms with Crippen molar-refractivity contribution in [3.05, 3.63) is 82.5 Å². The summed E-state index contributed by atoms with van der Waals surface area (Å²) in [5, 5.41) is 2.83. The molecule has 0 radical (unpaired) electrons. The second-order valence-corrected chi connectivity index (χ2v) is 8.49. The molecule has 0 spiro atoms. The Hall–Kier alpha value is -2.84. The predicted molar refractivity (Wildman–Crippen MR) is 108 cm³/mol.